The molecular weight excluding hydrogens is 154 g/mol. The molecular formula is C9H7NO2. The fourth-order valence-corrected chi connectivity index (χ4v) is 0.990. The minimum atomic E-state index is 0.248. The van der Waals surface area contributed by atoms with E-state index in [1.807, 2.05) is 0 Å². The van der Waals surface area contributed by atoms with Crippen molar-refractivity contribution >= 4 is 0 Å². The van der Waals surface area contributed by atoms with Gasteiger partial charge in [-0.15, -0.1) is 0 Å². The predicted molar refractivity (Wildman–Crippen MR) is 43.6 cm³/mol. The van der Waals surface area contributed by atoms with Crippen LogP contribution in [0.25, 0.3) is 11.3 Å². The molecule has 2 aromatic rings. The van der Waals surface area contributed by atoms with Crippen LogP contribution in [-0.2, 0) is 0 Å². The molecule has 0 radical (unpaired) electrons. The number of aromatic hydroxyl groups is 1. The molecule has 0 aliphatic rings. The minimum absolute atomic E-state index is 0.248. The van der Waals surface area contributed by atoms with Crippen LogP contribution < -0.4 is 0 Å². The van der Waals surface area contributed by atoms with Crippen molar-refractivity contribution in [3.8, 4) is 17.1 Å². The van der Waals surface area contributed by atoms with E-state index in [2.05, 4.69) is 5.16 Å². The molecule has 3 heteroatoms. The van der Waals surface area contributed by atoms with Crippen LogP contribution in [0.1, 0.15) is 0 Å². The molecule has 3 nitrogen and oxygen atoms in total. The highest BCUT2D eigenvalue weighted by Gasteiger charge is 1.99. The van der Waals surface area contributed by atoms with Gasteiger partial charge in [0.25, 0.3) is 0 Å². The summed E-state index contributed by atoms with van der Waals surface area (Å²) in [6, 6.07) is 8.54. The maximum Gasteiger partial charge on any atom is 0.166 e. The molecule has 0 aliphatic carbocycles. The third-order valence-electron chi connectivity index (χ3n) is 1.59. The van der Waals surface area contributed by atoms with Gasteiger partial charge in [0.1, 0.15) is 5.75 Å². The van der Waals surface area contributed by atoms with Crippen LogP contribution in [0.5, 0.6) is 5.75 Å². The standard InChI is InChI=1S/C9H7NO2/c11-8-3-1-7(2-4-8)9-5-6-10-12-9/h1-6,11H. The number of hydrogen-bond donors (Lipinski definition) is 1. The fourth-order valence-electron chi connectivity index (χ4n) is 0.990. The topological polar surface area (TPSA) is 46.3 Å². The summed E-state index contributed by atoms with van der Waals surface area (Å²) in [6.07, 6.45) is 1.59. The summed E-state index contributed by atoms with van der Waals surface area (Å²) in [6.45, 7) is 0. The van der Waals surface area contributed by atoms with Gasteiger partial charge in [0.15, 0.2) is 5.76 Å². The Hall–Kier alpha value is -1.77. The third-order valence-corrected chi connectivity index (χ3v) is 1.59. The molecule has 1 N–H and O–H groups in total. The lowest BCUT2D eigenvalue weighted by atomic mass is 10.2. The lowest BCUT2D eigenvalue weighted by Crippen LogP contribution is -1.71. The van der Waals surface area contributed by atoms with Crippen LogP contribution in [0.2, 0.25) is 0 Å². The maximum absolute atomic E-state index is 9.01. The first-order valence-corrected chi connectivity index (χ1v) is 3.56. The number of phenolic OH excluding ortho intramolecular Hbond substituents is 1. The zero-order valence-electron chi connectivity index (χ0n) is 6.27. The van der Waals surface area contributed by atoms with E-state index in [1.54, 1.807) is 36.5 Å². The number of benzene rings is 1. The molecule has 0 bridgehead atoms. The molecule has 2 rings (SSSR count). The van der Waals surface area contributed by atoms with Crippen LogP contribution in [0.15, 0.2) is 41.1 Å². The second kappa shape index (κ2) is 2.70. The van der Waals surface area contributed by atoms with Crippen molar-refractivity contribution in [3.63, 3.8) is 0 Å². The average molecular weight is 161 g/mol. The SMILES string of the molecule is Oc1ccc(-c2ccno2)cc1. The molecule has 60 valence electrons. The van der Waals surface area contributed by atoms with Gasteiger partial charge in [-0.05, 0) is 24.3 Å². The van der Waals surface area contributed by atoms with Crippen molar-refractivity contribution in [2.45, 2.75) is 0 Å². The fraction of sp³-hybridized carbons (Fsp3) is 0. The second-order valence-electron chi connectivity index (χ2n) is 2.42. The second-order valence-corrected chi connectivity index (χ2v) is 2.42. The summed E-state index contributed by atoms with van der Waals surface area (Å²) in [4.78, 5) is 0. The van der Waals surface area contributed by atoms with Gasteiger partial charge in [-0.1, -0.05) is 5.16 Å². The quantitative estimate of drug-likeness (QED) is 0.696. The molecule has 0 aliphatic heterocycles. The van der Waals surface area contributed by atoms with Crippen molar-refractivity contribution in [1.82, 2.24) is 5.16 Å². The monoisotopic (exact) mass is 161 g/mol. The molecule has 0 saturated heterocycles. The molecule has 0 fully saturated rings. The van der Waals surface area contributed by atoms with E-state index in [0.29, 0.717) is 5.76 Å². The van der Waals surface area contributed by atoms with Gasteiger partial charge in [0.2, 0.25) is 0 Å². The molecule has 0 spiro atoms. The van der Waals surface area contributed by atoms with Crippen molar-refractivity contribution < 1.29 is 9.63 Å². The van der Waals surface area contributed by atoms with E-state index in [4.69, 9.17) is 9.63 Å². The van der Waals surface area contributed by atoms with Crippen LogP contribution in [0.4, 0.5) is 0 Å². The van der Waals surface area contributed by atoms with E-state index in [0.717, 1.165) is 5.56 Å². The molecule has 0 atom stereocenters. The Morgan fingerprint density at radius 3 is 2.42 bits per heavy atom. The summed E-state index contributed by atoms with van der Waals surface area (Å²) in [5.74, 6) is 0.952. The Morgan fingerprint density at radius 2 is 1.83 bits per heavy atom. The lowest BCUT2D eigenvalue weighted by molar-refractivity contribution is 0.432. The third kappa shape index (κ3) is 1.16. The lowest BCUT2D eigenvalue weighted by Gasteiger charge is -1.94. The van der Waals surface area contributed by atoms with Gasteiger partial charge in [-0.2, -0.15) is 0 Å². The van der Waals surface area contributed by atoms with Gasteiger partial charge >= 0.3 is 0 Å². The van der Waals surface area contributed by atoms with Crippen molar-refractivity contribution in [1.29, 1.82) is 0 Å². The van der Waals surface area contributed by atoms with Crippen molar-refractivity contribution in [2.24, 2.45) is 0 Å². The highest BCUT2D eigenvalue weighted by atomic mass is 16.5. The molecule has 0 amide bonds. The predicted octanol–water partition coefficient (Wildman–Crippen LogP) is 2.05. The number of hydrogen-bond acceptors (Lipinski definition) is 3. The molecule has 0 unspecified atom stereocenters. The molecule has 0 saturated carbocycles. The number of rotatable bonds is 1. The molecule has 1 heterocycles. The van der Waals surface area contributed by atoms with Crippen LogP contribution >= 0.6 is 0 Å². The molecule has 1 aromatic heterocycles. The summed E-state index contributed by atoms with van der Waals surface area (Å²) in [7, 11) is 0. The smallest absolute Gasteiger partial charge is 0.166 e. The number of aromatic nitrogens is 1. The van der Waals surface area contributed by atoms with Gasteiger partial charge in [-0.3, -0.25) is 0 Å². The molecule has 12 heavy (non-hydrogen) atoms. The Bertz CT molecular complexity index is 351. The van der Waals surface area contributed by atoms with E-state index in [-0.39, 0.29) is 5.75 Å². The van der Waals surface area contributed by atoms with Gasteiger partial charge in [0.05, 0.1) is 6.20 Å². The van der Waals surface area contributed by atoms with Crippen molar-refractivity contribution in [2.75, 3.05) is 0 Å². The van der Waals surface area contributed by atoms with Gasteiger partial charge < -0.3 is 9.63 Å². The summed E-state index contributed by atoms with van der Waals surface area (Å²) >= 11 is 0. The maximum atomic E-state index is 9.01. The first kappa shape index (κ1) is 6.91. The summed E-state index contributed by atoms with van der Waals surface area (Å²) in [5.41, 5.74) is 0.908. The van der Waals surface area contributed by atoms with Crippen molar-refractivity contribution in [3.05, 3.63) is 36.5 Å². The zero-order chi connectivity index (χ0) is 8.39. The zero-order valence-corrected chi connectivity index (χ0v) is 6.27. The molecule has 1 aromatic carbocycles. The Balaban J connectivity index is 2.43. The van der Waals surface area contributed by atoms with Crippen LogP contribution in [0.3, 0.4) is 0 Å². The van der Waals surface area contributed by atoms with E-state index < -0.39 is 0 Å². The number of phenols is 1. The van der Waals surface area contributed by atoms with E-state index in [1.165, 1.54) is 0 Å². The van der Waals surface area contributed by atoms with Crippen LogP contribution in [-0.4, -0.2) is 10.3 Å². The highest BCUT2D eigenvalue weighted by molar-refractivity contribution is 5.57. The Kier molecular flexibility index (Phi) is 1.55. The van der Waals surface area contributed by atoms with E-state index in [9.17, 15) is 0 Å². The van der Waals surface area contributed by atoms with Gasteiger partial charge in [-0.25, -0.2) is 0 Å². The first-order valence-electron chi connectivity index (χ1n) is 3.56. The van der Waals surface area contributed by atoms with E-state index >= 15 is 0 Å². The normalized spacial score (nSPS) is 10.0. The average Bonchev–Trinajstić information content (AvgIpc) is 2.58. The first-order chi connectivity index (χ1) is 5.86. The highest BCUT2D eigenvalue weighted by Crippen LogP contribution is 2.20. The Labute approximate surface area is 69.2 Å². The largest absolute Gasteiger partial charge is 0.508 e. The minimum Gasteiger partial charge on any atom is -0.508 e. The number of nitrogens with zero attached hydrogens (tertiary/aromatic N) is 1. The Morgan fingerprint density at radius 1 is 1.08 bits per heavy atom. The van der Waals surface area contributed by atoms with Gasteiger partial charge in [0, 0.05) is 11.6 Å². The summed E-state index contributed by atoms with van der Waals surface area (Å²) in [5, 5.41) is 12.6. The summed E-state index contributed by atoms with van der Waals surface area (Å²) < 4.78 is 4.93. The van der Waals surface area contributed by atoms with Crippen LogP contribution in [0, 0.1) is 0 Å².